The standard InChI is InChI=1S/C18H25N5S/c1-13-8-9-15(20-13)17-16(14-7-4-5-10-19-14)21-18(24)23(17)12-6-11-22(2)3/h4-5,7-10,16-17,20H,6,11-12H2,1-3H3,(H,21,24)/t16-,17+/m0/s1. The minimum atomic E-state index is 0.0658. The number of nitrogens with zero attached hydrogens (tertiary/aromatic N) is 3. The van der Waals surface area contributed by atoms with Gasteiger partial charge in [-0.3, -0.25) is 4.98 Å². The smallest absolute Gasteiger partial charge is 0.170 e. The maximum absolute atomic E-state index is 5.64. The summed E-state index contributed by atoms with van der Waals surface area (Å²) in [5.41, 5.74) is 3.36. The molecule has 6 heteroatoms. The number of aromatic amines is 1. The molecule has 3 heterocycles. The Morgan fingerprint density at radius 2 is 2.08 bits per heavy atom. The second-order valence-corrected chi connectivity index (χ2v) is 6.96. The van der Waals surface area contributed by atoms with Crippen molar-refractivity contribution in [3.05, 3.63) is 53.6 Å². The van der Waals surface area contributed by atoms with Crippen molar-refractivity contribution in [3.63, 3.8) is 0 Å². The van der Waals surface area contributed by atoms with E-state index in [-0.39, 0.29) is 12.1 Å². The number of rotatable bonds is 6. The lowest BCUT2D eigenvalue weighted by atomic mass is 10.0. The zero-order valence-electron chi connectivity index (χ0n) is 14.5. The SMILES string of the molecule is Cc1ccc([C@@H]2[C@H](c3ccccn3)NC(=S)N2CCCN(C)C)[nH]1. The zero-order valence-corrected chi connectivity index (χ0v) is 15.3. The lowest BCUT2D eigenvalue weighted by Crippen LogP contribution is -2.32. The van der Waals surface area contributed by atoms with Crippen LogP contribution in [0, 0.1) is 6.92 Å². The van der Waals surface area contributed by atoms with Crippen molar-refractivity contribution in [2.45, 2.75) is 25.4 Å². The maximum Gasteiger partial charge on any atom is 0.170 e. The van der Waals surface area contributed by atoms with E-state index in [1.807, 2.05) is 18.3 Å². The molecule has 1 aliphatic heterocycles. The number of thiocarbonyl (C=S) groups is 1. The summed E-state index contributed by atoms with van der Waals surface area (Å²) in [5.74, 6) is 0. The molecular formula is C18H25N5S. The zero-order chi connectivity index (χ0) is 17.1. The summed E-state index contributed by atoms with van der Waals surface area (Å²) in [6, 6.07) is 10.5. The van der Waals surface area contributed by atoms with Gasteiger partial charge in [0.05, 0.1) is 17.8 Å². The molecule has 0 aromatic carbocycles. The molecule has 2 N–H and O–H groups in total. The fourth-order valence-electron chi connectivity index (χ4n) is 3.24. The Morgan fingerprint density at radius 3 is 2.71 bits per heavy atom. The number of hydrogen-bond acceptors (Lipinski definition) is 3. The first kappa shape index (κ1) is 16.9. The molecule has 0 bridgehead atoms. The molecule has 128 valence electrons. The minimum absolute atomic E-state index is 0.0658. The van der Waals surface area contributed by atoms with Crippen LogP contribution < -0.4 is 5.32 Å². The molecule has 2 aromatic rings. The second kappa shape index (κ2) is 7.32. The summed E-state index contributed by atoms with van der Waals surface area (Å²) in [7, 11) is 4.20. The van der Waals surface area contributed by atoms with Gasteiger partial charge in [-0.2, -0.15) is 0 Å². The highest BCUT2D eigenvalue weighted by Gasteiger charge is 2.40. The number of hydrogen-bond donors (Lipinski definition) is 2. The van der Waals surface area contributed by atoms with E-state index in [1.165, 1.54) is 5.69 Å². The first-order chi connectivity index (χ1) is 11.6. The van der Waals surface area contributed by atoms with Gasteiger partial charge in [0, 0.05) is 24.1 Å². The van der Waals surface area contributed by atoms with E-state index in [4.69, 9.17) is 12.2 Å². The Labute approximate surface area is 149 Å². The van der Waals surface area contributed by atoms with E-state index in [9.17, 15) is 0 Å². The molecule has 1 fully saturated rings. The van der Waals surface area contributed by atoms with E-state index < -0.39 is 0 Å². The molecule has 1 saturated heterocycles. The largest absolute Gasteiger partial charge is 0.361 e. The number of H-pyrrole nitrogens is 1. The first-order valence-corrected chi connectivity index (χ1v) is 8.75. The van der Waals surface area contributed by atoms with Gasteiger partial charge in [0.2, 0.25) is 0 Å². The molecule has 0 aliphatic carbocycles. The maximum atomic E-state index is 5.64. The van der Waals surface area contributed by atoms with Gasteiger partial charge in [-0.05, 0) is 70.5 Å². The van der Waals surface area contributed by atoms with Crippen LogP contribution in [0.15, 0.2) is 36.5 Å². The van der Waals surface area contributed by atoms with Crippen LogP contribution in [0.1, 0.15) is 35.6 Å². The van der Waals surface area contributed by atoms with E-state index in [1.54, 1.807) is 0 Å². The van der Waals surface area contributed by atoms with Crippen LogP contribution in [0.3, 0.4) is 0 Å². The molecule has 5 nitrogen and oxygen atoms in total. The average molecular weight is 344 g/mol. The summed E-state index contributed by atoms with van der Waals surface area (Å²) >= 11 is 5.64. The third-order valence-electron chi connectivity index (χ3n) is 4.38. The molecule has 0 amide bonds. The summed E-state index contributed by atoms with van der Waals surface area (Å²) in [5, 5.41) is 4.28. The molecule has 2 atom stereocenters. The molecular weight excluding hydrogens is 318 g/mol. The highest BCUT2D eigenvalue weighted by atomic mass is 32.1. The van der Waals surface area contributed by atoms with Crippen LogP contribution in [-0.2, 0) is 0 Å². The predicted molar refractivity (Wildman–Crippen MR) is 101 cm³/mol. The average Bonchev–Trinajstić information content (AvgIpc) is 3.12. The molecule has 3 rings (SSSR count). The van der Waals surface area contributed by atoms with Crippen LogP contribution in [-0.4, -0.2) is 52.1 Å². The van der Waals surface area contributed by atoms with Crippen LogP contribution in [0.4, 0.5) is 0 Å². The minimum Gasteiger partial charge on any atom is -0.361 e. The quantitative estimate of drug-likeness (QED) is 0.790. The topological polar surface area (TPSA) is 47.2 Å². The van der Waals surface area contributed by atoms with Gasteiger partial charge >= 0.3 is 0 Å². The van der Waals surface area contributed by atoms with Gasteiger partial charge in [-0.1, -0.05) is 6.07 Å². The Bertz CT molecular complexity index is 682. The van der Waals surface area contributed by atoms with Crippen LogP contribution in [0.5, 0.6) is 0 Å². The second-order valence-electron chi connectivity index (χ2n) is 6.57. The normalized spacial score (nSPS) is 20.7. The highest BCUT2D eigenvalue weighted by molar-refractivity contribution is 7.80. The van der Waals surface area contributed by atoms with E-state index >= 15 is 0 Å². The number of aryl methyl sites for hydroxylation is 1. The van der Waals surface area contributed by atoms with Gasteiger partial charge in [-0.25, -0.2) is 0 Å². The summed E-state index contributed by atoms with van der Waals surface area (Å²) in [4.78, 5) is 12.5. The Kier molecular flexibility index (Phi) is 5.16. The van der Waals surface area contributed by atoms with Crippen molar-refractivity contribution in [2.75, 3.05) is 27.2 Å². The number of aromatic nitrogens is 2. The van der Waals surface area contributed by atoms with Crippen LogP contribution >= 0.6 is 12.2 Å². The van der Waals surface area contributed by atoms with Gasteiger partial charge in [0.15, 0.2) is 5.11 Å². The van der Waals surface area contributed by atoms with Gasteiger partial charge in [0.1, 0.15) is 0 Å². The molecule has 24 heavy (non-hydrogen) atoms. The van der Waals surface area contributed by atoms with E-state index in [0.717, 1.165) is 36.0 Å². The molecule has 0 radical (unpaired) electrons. The van der Waals surface area contributed by atoms with Crippen molar-refractivity contribution < 1.29 is 0 Å². The Hall–Kier alpha value is -1.92. The Morgan fingerprint density at radius 1 is 1.25 bits per heavy atom. The van der Waals surface area contributed by atoms with Gasteiger partial charge in [-0.15, -0.1) is 0 Å². The predicted octanol–water partition coefficient (Wildman–Crippen LogP) is 2.64. The first-order valence-electron chi connectivity index (χ1n) is 8.34. The van der Waals surface area contributed by atoms with Crippen LogP contribution in [0.2, 0.25) is 0 Å². The molecule has 2 aromatic heterocycles. The van der Waals surface area contributed by atoms with Crippen molar-refractivity contribution in [1.82, 2.24) is 25.1 Å². The number of nitrogens with one attached hydrogen (secondary N) is 2. The molecule has 0 unspecified atom stereocenters. The van der Waals surface area contributed by atoms with Crippen molar-refractivity contribution in [3.8, 4) is 0 Å². The van der Waals surface area contributed by atoms with Gasteiger partial charge < -0.3 is 20.1 Å². The third-order valence-corrected chi connectivity index (χ3v) is 4.73. The Balaban J connectivity index is 1.88. The third kappa shape index (κ3) is 3.60. The lowest BCUT2D eigenvalue weighted by Gasteiger charge is -2.27. The lowest BCUT2D eigenvalue weighted by molar-refractivity contribution is 0.289. The fraction of sp³-hybridized carbons (Fsp3) is 0.444. The van der Waals surface area contributed by atoms with Crippen molar-refractivity contribution in [1.29, 1.82) is 0 Å². The summed E-state index contributed by atoms with van der Waals surface area (Å²) in [6.07, 6.45) is 2.91. The van der Waals surface area contributed by atoms with E-state index in [0.29, 0.717) is 0 Å². The summed E-state index contributed by atoms with van der Waals surface area (Å²) < 4.78 is 0. The monoisotopic (exact) mass is 343 g/mol. The molecule has 0 spiro atoms. The molecule has 1 aliphatic rings. The molecule has 0 saturated carbocycles. The van der Waals surface area contributed by atoms with Crippen molar-refractivity contribution in [2.24, 2.45) is 0 Å². The van der Waals surface area contributed by atoms with E-state index in [2.05, 4.69) is 64.3 Å². The highest BCUT2D eigenvalue weighted by Crippen LogP contribution is 2.37. The van der Waals surface area contributed by atoms with Crippen LogP contribution in [0.25, 0.3) is 0 Å². The van der Waals surface area contributed by atoms with Crippen molar-refractivity contribution >= 4 is 17.3 Å². The van der Waals surface area contributed by atoms with Gasteiger partial charge in [0.25, 0.3) is 0 Å². The summed E-state index contributed by atoms with van der Waals surface area (Å²) in [6.45, 7) is 4.05. The fourth-order valence-corrected chi connectivity index (χ4v) is 3.57. The number of pyridine rings is 1.